The Kier molecular flexibility index (Phi) is 8.87. The molecule has 0 saturated carbocycles. The lowest BCUT2D eigenvalue weighted by Gasteiger charge is -2.17. The number of hydrogen-bond donors (Lipinski definition) is 1. The van der Waals surface area contributed by atoms with E-state index in [0.29, 0.717) is 32.2 Å². The molecule has 1 aliphatic rings. The molecule has 4 rings (SSSR count). The smallest absolute Gasteiger partial charge is 0.338 e. The van der Waals surface area contributed by atoms with Crippen molar-refractivity contribution in [1.29, 1.82) is 0 Å². The highest BCUT2D eigenvalue weighted by Crippen LogP contribution is 2.33. The predicted octanol–water partition coefficient (Wildman–Crippen LogP) is 6.33. The first kappa shape index (κ1) is 26.7. The highest BCUT2D eigenvalue weighted by Gasteiger charge is 2.39. The van der Waals surface area contributed by atoms with Crippen LogP contribution in [0.4, 0.5) is 11.4 Å². The van der Waals surface area contributed by atoms with E-state index in [1.54, 1.807) is 72.5 Å². The van der Waals surface area contributed by atoms with Crippen molar-refractivity contribution in [2.24, 2.45) is 4.99 Å². The molecule has 0 spiro atoms. The van der Waals surface area contributed by atoms with Gasteiger partial charge in [0.2, 0.25) is 11.8 Å². The fourth-order valence-electron chi connectivity index (χ4n) is 3.59. The Morgan fingerprint density at radius 2 is 1.76 bits per heavy atom. The first-order valence-electron chi connectivity index (χ1n) is 11.5. The van der Waals surface area contributed by atoms with Crippen LogP contribution < -0.4 is 5.32 Å². The number of benzene rings is 3. The minimum atomic E-state index is -0.649. The van der Waals surface area contributed by atoms with E-state index in [-0.39, 0.29) is 31.4 Å². The Labute approximate surface area is 228 Å². The zero-order chi connectivity index (χ0) is 26.4. The number of nitrogens with one attached hydrogen (secondary N) is 1. The van der Waals surface area contributed by atoms with Gasteiger partial charge in [-0.25, -0.2) is 9.79 Å². The van der Waals surface area contributed by atoms with Gasteiger partial charge in [0.25, 0.3) is 0 Å². The summed E-state index contributed by atoms with van der Waals surface area (Å²) in [6.07, 6.45) is -0.0338. The van der Waals surface area contributed by atoms with E-state index in [9.17, 15) is 14.4 Å². The van der Waals surface area contributed by atoms with E-state index >= 15 is 0 Å². The highest BCUT2D eigenvalue weighted by molar-refractivity contribution is 8.15. The van der Waals surface area contributed by atoms with Crippen molar-refractivity contribution in [3.8, 4) is 0 Å². The molecule has 0 aromatic heterocycles. The number of rotatable bonds is 8. The average Bonchev–Trinajstić information content (AvgIpc) is 3.14. The number of esters is 1. The Balaban J connectivity index is 1.54. The van der Waals surface area contributed by atoms with E-state index in [1.165, 1.54) is 11.8 Å². The van der Waals surface area contributed by atoms with Gasteiger partial charge in [0.15, 0.2) is 5.17 Å². The molecule has 190 valence electrons. The summed E-state index contributed by atoms with van der Waals surface area (Å²) < 4.78 is 5.02. The summed E-state index contributed by atoms with van der Waals surface area (Å²) in [6, 6.07) is 20.6. The van der Waals surface area contributed by atoms with Crippen molar-refractivity contribution in [3.05, 3.63) is 94.0 Å². The van der Waals surface area contributed by atoms with Crippen molar-refractivity contribution in [2.45, 2.75) is 25.1 Å². The van der Waals surface area contributed by atoms with Gasteiger partial charge in [0, 0.05) is 22.2 Å². The van der Waals surface area contributed by atoms with E-state index in [4.69, 9.17) is 27.9 Å². The Hall–Kier alpha value is -3.33. The fourth-order valence-corrected chi connectivity index (χ4v) is 5.06. The second-order valence-electron chi connectivity index (χ2n) is 8.08. The molecule has 2 amide bonds. The van der Waals surface area contributed by atoms with Crippen molar-refractivity contribution < 1.29 is 19.1 Å². The minimum absolute atomic E-state index is 0.0338. The van der Waals surface area contributed by atoms with Crippen LogP contribution in [0.1, 0.15) is 29.3 Å². The molecular formula is C27H23Cl2N3O4S. The maximum absolute atomic E-state index is 13.4. The lowest BCUT2D eigenvalue weighted by Crippen LogP contribution is -2.33. The number of ether oxygens (including phenoxy) is 1. The topological polar surface area (TPSA) is 88.1 Å². The number of thioether (sulfide) groups is 1. The van der Waals surface area contributed by atoms with Gasteiger partial charge in [-0.1, -0.05) is 53.2 Å². The number of aliphatic imine (C=N–C) groups is 1. The van der Waals surface area contributed by atoms with Gasteiger partial charge >= 0.3 is 5.97 Å². The Morgan fingerprint density at radius 3 is 2.43 bits per heavy atom. The number of halogens is 2. The van der Waals surface area contributed by atoms with Crippen LogP contribution >= 0.6 is 35.0 Å². The van der Waals surface area contributed by atoms with Crippen LogP contribution in [-0.2, 0) is 20.9 Å². The van der Waals surface area contributed by atoms with E-state index in [0.717, 1.165) is 5.56 Å². The highest BCUT2D eigenvalue weighted by atomic mass is 35.5. The van der Waals surface area contributed by atoms with Gasteiger partial charge < -0.3 is 10.1 Å². The zero-order valence-electron chi connectivity index (χ0n) is 19.8. The first-order chi connectivity index (χ1) is 17.8. The van der Waals surface area contributed by atoms with Crippen LogP contribution in [0.5, 0.6) is 0 Å². The second kappa shape index (κ2) is 12.3. The standard InChI is InChI=1S/C27H23Cl2N3O4S/c1-2-36-26(35)18-8-12-21(13-9-18)31-27-32(16-17-6-10-19(28)11-7-17)25(34)23(37-27)15-24(33)30-22-5-3-4-20(29)14-22/h3-14,23H,2,15-16H2,1H3,(H,30,33)/t23-/m0/s1. The van der Waals surface area contributed by atoms with Gasteiger partial charge in [0.05, 0.1) is 24.4 Å². The molecule has 1 atom stereocenters. The largest absolute Gasteiger partial charge is 0.462 e. The van der Waals surface area contributed by atoms with E-state index < -0.39 is 11.2 Å². The van der Waals surface area contributed by atoms with Gasteiger partial charge in [-0.05, 0) is 67.1 Å². The quantitative estimate of drug-likeness (QED) is 0.328. The van der Waals surface area contributed by atoms with Gasteiger partial charge in [0.1, 0.15) is 5.25 Å². The fraction of sp³-hybridized carbons (Fsp3) is 0.185. The molecule has 1 aliphatic heterocycles. The molecule has 37 heavy (non-hydrogen) atoms. The number of nitrogens with zero attached hydrogens (tertiary/aromatic N) is 2. The lowest BCUT2D eigenvalue weighted by atomic mass is 10.2. The molecule has 7 nitrogen and oxygen atoms in total. The third-order valence-corrected chi connectivity index (χ3v) is 7.02. The summed E-state index contributed by atoms with van der Waals surface area (Å²) in [7, 11) is 0. The minimum Gasteiger partial charge on any atom is -0.462 e. The van der Waals surface area contributed by atoms with E-state index in [1.807, 2.05) is 12.1 Å². The third kappa shape index (κ3) is 7.13. The molecule has 0 radical (unpaired) electrons. The monoisotopic (exact) mass is 555 g/mol. The van der Waals surface area contributed by atoms with Crippen LogP contribution in [0.3, 0.4) is 0 Å². The SMILES string of the molecule is CCOC(=O)c1ccc(N=C2S[C@@H](CC(=O)Nc3cccc(Cl)c3)C(=O)N2Cc2ccc(Cl)cc2)cc1. The maximum atomic E-state index is 13.4. The number of carbonyl (C=O) groups excluding carboxylic acids is 3. The normalized spacial score (nSPS) is 16.2. The zero-order valence-corrected chi connectivity index (χ0v) is 22.1. The Morgan fingerprint density at radius 1 is 1.03 bits per heavy atom. The first-order valence-corrected chi connectivity index (χ1v) is 13.1. The van der Waals surface area contributed by atoms with E-state index in [2.05, 4.69) is 10.3 Å². The number of amides is 2. The molecule has 1 N–H and O–H groups in total. The Bertz CT molecular complexity index is 1330. The van der Waals surface area contributed by atoms with Crippen LogP contribution in [0, 0.1) is 0 Å². The summed E-state index contributed by atoms with van der Waals surface area (Å²) in [4.78, 5) is 44.3. The van der Waals surface area contributed by atoms with Gasteiger partial charge in [-0.15, -0.1) is 0 Å². The number of carbonyl (C=O) groups is 3. The van der Waals surface area contributed by atoms with Gasteiger partial charge in [-0.2, -0.15) is 0 Å². The van der Waals surface area contributed by atoms with Crippen LogP contribution in [0.25, 0.3) is 0 Å². The molecule has 0 aliphatic carbocycles. The average molecular weight is 556 g/mol. The van der Waals surface area contributed by atoms with Crippen LogP contribution in [0.15, 0.2) is 77.8 Å². The lowest BCUT2D eigenvalue weighted by molar-refractivity contribution is -0.128. The molecule has 1 fully saturated rings. The third-order valence-electron chi connectivity index (χ3n) is 5.36. The van der Waals surface area contributed by atoms with Crippen LogP contribution in [0.2, 0.25) is 10.0 Å². The summed E-state index contributed by atoms with van der Waals surface area (Å²) in [5.74, 6) is -0.940. The maximum Gasteiger partial charge on any atom is 0.338 e. The summed E-state index contributed by atoms with van der Waals surface area (Å²) in [5.41, 5.74) is 2.40. The van der Waals surface area contributed by atoms with Crippen molar-refractivity contribution in [1.82, 2.24) is 4.90 Å². The second-order valence-corrected chi connectivity index (χ2v) is 10.1. The van der Waals surface area contributed by atoms with Gasteiger partial charge in [-0.3, -0.25) is 14.5 Å². The molecule has 1 heterocycles. The van der Waals surface area contributed by atoms with Crippen LogP contribution in [-0.4, -0.2) is 39.7 Å². The molecule has 0 unspecified atom stereocenters. The number of amidine groups is 1. The van der Waals surface area contributed by atoms with Crippen molar-refractivity contribution >= 4 is 69.3 Å². The summed E-state index contributed by atoms with van der Waals surface area (Å²) in [5, 5.41) is 3.70. The number of hydrogen-bond acceptors (Lipinski definition) is 6. The molecular weight excluding hydrogens is 533 g/mol. The summed E-state index contributed by atoms with van der Waals surface area (Å²) in [6.45, 7) is 2.30. The molecule has 10 heteroatoms. The predicted molar refractivity (Wildman–Crippen MR) is 148 cm³/mol. The number of anilines is 1. The summed E-state index contributed by atoms with van der Waals surface area (Å²) >= 11 is 13.2. The van der Waals surface area contributed by atoms with Crippen molar-refractivity contribution in [2.75, 3.05) is 11.9 Å². The molecule has 0 bridgehead atoms. The van der Waals surface area contributed by atoms with Crippen molar-refractivity contribution in [3.63, 3.8) is 0 Å². The molecule has 1 saturated heterocycles. The molecule has 3 aromatic carbocycles. The molecule has 3 aromatic rings.